The van der Waals surface area contributed by atoms with Gasteiger partial charge in [0, 0.05) is 22.9 Å². The third-order valence-corrected chi connectivity index (χ3v) is 5.58. The van der Waals surface area contributed by atoms with Gasteiger partial charge in [-0.2, -0.15) is 0 Å². The molecule has 1 saturated heterocycles. The lowest BCUT2D eigenvalue weighted by atomic mass is 10.1. The number of methoxy groups -OCH3 is 2. The lowest BCUT2D eigenvalue weighted by Crippen LogP contribution is -2.34. The van der Waals surface area contributed by atoms with E-state index in [-0.39, 0.29) is 17.9 Å². The van der Waals surface area contributed by atoms with E-state index in [9.17, 15) is 4.79 Å². The molecule has 1 atom stereocenters. The van der Waals surface area contributed by atoms with Crippen LogP contribution in [0.3, 0.4) is 0 Å². The number of nitrogens with zero attached hydrogens (tertiary/aromatic N) is 1. The Hall–Kier alpha value is -2.05. The van der Waals surface area contributed by atoms with Gasteiger partial charge in [0.25, 0.3) is 5.91 Å². The van der Waals surface area contributed by atoms with E-state index in [4.69, 9.17) is 25.8 Å². The first-order valence-electron chi connectivity index (χ1n) is 8.14. The van der Waals surface area contributed by atoms with Crippen molar-refractivity contribution in [3.63, 3.8) is 0 Å². The first-order valence-corrected chi connectivity index (χ1v) is 9.57. The molecule has 1 amide bonds. The summed E-state index contributed by atoms with van der Waals surface area (Å²) in [5, 5.41) is 0.506. The highest BCUT2D eigenvalue weighted by Crippen LogP contribution is 2.45. The van der Waals surface area contributed by atoms with Crippen LogP contribution < -0.4 is 14.2 Å². The van der Waals surface area contributed by atoms with Crippen molar-refractivity contribution in [3.05, 3.63) is 53.1 Å². The van der Waals surface area contributed by atoms with Crippen molar-refractivity contribution in [3.8, 4) is 17.2 Å². The molecule has 1 fully saturated rings. The zero-order valence-corrected chi connectivity index (χ0v) is 16.2. The van der Waals surface area contributed by atoms with Gasteiger partial charge < -0.3 is 19.1 Å². The van der Waals surface area contributed by atoms with Crippen molar-refractivity contribution < 1.29 is 19.0 Å². The lowest BCUT2D eigenvalue weighted by Gasteiger charge is -2.26. The zero-order chi connectivity index (χ0) is 18.5. The Bertz CT molecular complexity index is 769. The summed E-state index contributed by atoms with van der Waals surface area (Å²) < 4.78 is 16.5. The van der Waals surface area contributed by atoms with Crippen LogP contribution in [-0.4, -0.2) is 43.9 Å². The van der Waals surface area contributed by atoms with Crippen LogP contribution in [0.1, 0.15) is 10.9 Å². The van der Waals surface area contributed by atoms with Crippen molar-refractivity contribution in [1.29, 1.82) is 0 Å². The maximum absolute atomic E-state index is 12.7. The number of carbonyl (C=O) groups is 1. The van der Waals surface area contributed by atoms with Gasteiger partial charge in [0.1, 0.15) is 11.1 Å². The summed E-state index contributed by atoms with van der Waals surface area (Å²) in [6.07, 6.45) is 0. The van der Waals surface area contributed by atoms with E-state index in [2.05, 4.69) is 0 Å². The summed E-state index contributed by atoms with van der Waals surface area (Å²) in [7, 11) is 3.21. The summed E-state index contributed by atoms with van der Waals surface area (Å²) >= 11 is 7.56. The van der Waals surface area contributed by atoms with Crippen molar-refractivity contribution in [2.45, 2.75) is 5.37 Å². The largest absolute Gasteiger partial charge is 0.493 e. The second-order valence-electron chi connectivity index (χ2n) is 5.64. The van der Waals surface area contributed by atoms with Gasteiger partial charge in [-0.1, -0.05) is 23.7 Å². The summed E-state index contributed by atoms with van der Waals surface area (Å²) in [6, 6.07) is 12.7. The predicted octanol–water partition coefficient (Wildman–Crippen LogP) is 4.01. The average molecular weight is 394 g/mol. The van der Waals surface area contributed by atoms with Crippen LogP contribution in [0.4, 0.5) is 0 Å². The molecule has 0 spiro atoms. The normalized spacial score (nSPS) is 16.4. The standard InChI is InChI=1S/C19H20ClNO4S/c1-23-16-5-3-4-15(18(16)24-2)19-21(10-11-26-19)17(22)12-25-14-8-6-13(20)7-9-14/h3-9,19H,10-12H2,1-2H3/t19-/m0/s1. The highest BCUT2D eigenvalue weighted by molar-refractivity contribution is 7.99. The highest BCUT2D eigenvalue weighted by Gasteiger charge is 2.33. The fourth-order valence-corrected chi connectivity index (χ4v) is 4.27. The maximum Gasteiger partial charge on any atom is 0.261 e. The summed E-state index contributed by atoms with van der Waals surface area (Å²) in [6.45, 7) is 0.642. The molecule has 0 aliphatic carbocycles. The average Bonchev–Trinajstić information content (AvgIpc) is 3.16. The smallest absolute Gasteiger partial charge is 0.261 e. The Morgan fingerprint density at radius 1 is 1.19 bits per heavy atom. The summed E-state index contributed by atoms with van der Waals surface area (Å²) in [5.41, 5.74) is 0.925. The van der Waals surface area contributed by atoms with E-state index < -0.39 is 0 Å². The fourth-order valence-electron chi connectivity index (χ4n) is 2.85. The number of para-hydroxylation sites is 1. The predicted molar refractivity (Wildman–Crippen MR) is 103 cm³/mol. The molecule has 0 radical (unpaired) electrons. The lowest BCUT2D eigenvalue weighted by molar-refractivity contribution is -0.133. The highest BCUT2D eigenvalue weighted by atomic mass is 35.5. The van der Waals surface area contributed by atoms with Crippen LogP contribution >= 0.6 is 23.4 Å². The number of thioether (sulfide) groups is 1. The van der Waals surface area contributed by atoms with Crippen LogP contribution in [-0.2, 0) is 4.79 Å². The van der Waals surface area contributed by atoms with E-state index >= 15 is 0 Å². The monoisotopic (exact) mass is 393 g/mol. The Labute approximate surface area is 162 Å². The van der Waals surface area contributed by atoms with Gasteiger partial charge in [-0.3, -0.25) is 4.79 Å². The molecule has 138 valence electrons. The molecular formula is C19H20ClNO4S. The molecule has 5 nitrogen and oxygen atoms in total. The minimum atomic E-state index is -0.124. The van der Waals surface area contributed by atoms with E-state index in [0.29, 0.717) is 28.8 Å². The molecule has 0 unspecified atom stereocenters. The fraction of sp³-hybridized carbons (Fsp3) is 0.316. The molecule has 7 heteroatoms. The zero-order valence-electron chi connectivity index (χ0n) is 14.6. The number of rotatable bonds is 6. The molecule has 0 bridgehead atoms. The molecule has 1 heterocycles. The van der Waals surface area contributed by atoms with E-state index in [1.165, 1.54) is 0 Å². The van der Waals surface area contributed by atoms with Gasteiger partial charge in [-0.05, 0) is 30.3 Å². The topological polar surface area (TPSA) is 48.0 Å². The van der Waals surface area contributed by atoms with Crippen molar-refractivity contribution in [2.24, 2.45) is 0 Å². The molecule has 0 saturated carbocycles. The number of benzene rings is 2. The van der Waals surface area contributed by atoms with Crippen molar-refractivity contribution in [1.82, 2.24) is 4.90 Å². The van der Waals surface area contributed by atoms with Crippen LogP contribution in [0, 0.1) is 0 Å². The number of carbonyl (C=O) groups excluding carboxylic acids is 1. The Morgan fingerprint density at radius 2 is 1.96 bits per heavy atom. The minimum absolute atomic E-state index is 0.0228. The number of halogens is 1. The molecule has 1 aliphatic rings. The molecule has 2 aromatic rings. The van der Waals surface area contributed by atoms with Crippen LogP contribution in [0.5, 0.6) is 17.2 Å². The molecular weight excluding hydrogens is 374 g/mol. The molecule has 0 N–H and O–H groups in total. The van der Waals surface area contributed by atoms with Gasteiger partial charge in [0.05, 0.1) is 14.2 Å². The number of ether oxygens (including phenoxy) is 3. The second-order valence-corrected chi connectivity index (χ2v) is 7.26. The van der Waals surface area contributed by atoms with Gasteiger partial charge in [0.15, 0.2) is 18.1 Å². The number of hydrogen-bond acceptors (Lipinski definition) is 5. The maximum atomic E-state index is 12.7. The molecule has 3 rings (SSSR count). The van der Waals surface area contributed by atoms with Gasteiger partial charge in [-0.15, -0.1) is 11.8 Å². The summed E-state index contributed by atoms with van der Waals surface area (Å²) in [5.74, 6) is 2.72. The minimum Gasteiger partial charge on any atom is -0.493 e. The first-order chi connectivity index (χ1) is 12.6. The Balaban J connectivity index is 1.73. The molecule has 0 aromatic heterocycles. The molecule has 1 aliphatic heterocycles. The van der Waals surface area contributed by atoms with Crippen LogP contribution in [0.25, 0.3) is 0 Å². The van der Waals surface area contributed by atoms with Gasteiger partial charge in [0.2, 0.25) is 0 Å². The van der Waals surface area contributed by atoms with E-state index in [1.807, 2.05) is 23.1 Å². The van der Waals surface area contributed by atoms with Crippen molar-refractivity contribution in [2.75, 3.05) is 33.1 Å². The Morgan fingerprint density at radius 3 is 2.65 bits per heavy atom. The SMILES string of the molecule is COc1cccc([C@@H]2SCCN2C(=O)COc2ccc(Cl)cc2)c1OC. The van der Waals surface area contributed by atoms with Crippen molar-refractivity contribution >= 4 is 29.3 Å². The van der Waals surface area contributed by atoms with Crippen LogP contribution in [0.2, 0.25) is 5.02 Å². The third-order valence-electron chi connectivity index (χ3n) is 4.09. The van der Waals surface area contributed by atoms with Crippen LogP contribution in [0.15, 0.2) is 42.5 Å². The second kappa shape index (κ2) is 8.56. The first kappa shape index (κ1) is 18.7. The quantitative estimate of drug-likeness (QED) is 0.742. The van der Waals surface area contributed by atoms with Gasteiger partial charge >= 0.3 is 0 Å². The molecule has 2 aromatic carbocycles. The van der Waals surface area contributed by atoms with E-state index in [1.54, 1.807) is 50.2 Å². The Kier molecular flexibility index (Phi) is 6.16. The number of amides is 1. The molecule has 26 heavy (non-hydrogen) atoms. The van der Waals surface area contributed by atoms with Gasteiger partial charge in [-0.25, -0.2) is 0 Å². The van der Waals surface area contributed by atoms with E-state index in [0.717, 1.165) is 11.3 Å². The third kappa shape index (κ3) is 4.02. The summed E-state index contributed by atoms with van der Waals surface area (Å²) in [4.78, 5) is 14.5. The number of hydrogen-bond donors (Lipinski definition) is 0.